The third-order valence-electron chi connectivity index (χ3n) is 3.92. The molecule has 4 aromatic carbocycles. The smallest absolute Gasteiger partial charge is 0.169 e. The molecule has 0 aliphatic carbocycles. The lowest BCUT2D eigenvalue weighted by Gasteiger charge is -2.11. The summed E-state index contributed by atoms with van der Waals surface area (Å²) < 4.78 is 5.82. The summed E-state index contributed by atoms with van der Waals surface area (Å²) in [6.45, 7) is 0. The molecule has 0 fully saturated rings. The Morgan fingerprint density at radius 1 is 0.652 bits per heavy atom. The Hall–Kier alpha value is -3.20. The molecule has 2 N–H and O–H groups in total. The van der Waals surface area contributed by atoms with E-state index in [2.05, 4.69) is 0 Å². The number of phenols is 2. The minimum atomic E-state index is 0.112. The number of phenolic OH excluding ortho intramolecular Hbond substituents is 2. The van der Waals surface area contributed by atoms with Gasteiger partial charge in [0, 0.05) is 10.8 Å². The first-order valence-corrected chi connectivity index (χ1v) is 7.33. The van der Waals surface area contributed by atoms with Crippen molar-refractivity contribution in [3.05, 3.63) is 72.8 Å². The summed E-state index contributed by atoms with van der Waals surface area (Å²) in [6, 6.07) is 22.1. The van der Waals surface area contributed by atoms with Gasteiger partial charge in [0.15, 0.2) is 11.5 Å². The van der Waals surface area contributed by atoms with E-state index in [0.29, 0.717) is 16.9 Å². The molecule has 0 aliphatic rings. The van der Waals surface area contributed by atoms with E-state index < -0.39 is 0 Å². The first-order valence-electron chi connectivity index (χ1n) is 7.33. The van der Waals surface area contributed by atoms with Crippen LogP contribution in [0.5, 0.6) is 23.0 Å². The molecule has 0 heterocycles. The van der Waals surface area contributed by atoms with Crippen molar-refractivity contribution in [1.82, 2.24) is 0 Å². The summed E-state index contributed by atoms with van der Waals surface area (Å²) in [5.74, 6) is 1.26. The number of hydrogen-bond acceptors (Lipinski definition) is 3. The second kappa shape index (κ2) is 5.21. The van der Waals surface area contributed by atoms with Crippen molar-refractivity contribution in [2.75, 3.05) is 0 Å². The SMILES string of the molecule is Oc1cccc2ccc(Oc3ccc4ccccc4c3O)cc12. The zero-order valence-corrected chi connectivity index (χ0v) is 12.2. The second-order valence-electron chi connectivity index (χ2n) is 5.40. The maximum atomic E-state index is 10.4. The fourth-order valence-corrected chi connectivity index (χ4v) is 2.74. The third kappa shape index (κ3) is 2.32. The van der Waals surface area contributed by atoms with Crippen LogP contribution in [-0.2, 0) is 0 Å². The molecule has 0 amide bonds. The fourth-order valence-electron chi connectivity index (χ4n) is 2.74. The Kier molecular flexibility index (Phi) is 3.05. The van der Waals surface area contributed by atoms with E-state index in [9.17, 15) is 10.2 Å². The van der Waals surface area contributed by atoms with Crippen LogP contribution in [0.2, 0.25) is 0 Å². The maximum absolute atomic E-state index is 10.4. The number of ether oxygens (including phenoxy) is 1. The lowest BCUT2D eigenvalue weighted by molar-refractivity contribution is 0.416. The predicted molar refractivity (Wildman–Crippen MR) is 91.3 cm³/mol. The first kappa shape index (κ1) is 13.5. The Bertz CT molecular complexity index is 1020. The predicted octanol–water partition coefficient (Wildman–Crippen LogP) is 5.20. The molecule has 0 saturated carbocycles. The Balaban J connectivity index is 1.78. The molecule has 3 heteroatoms. The van der Waals surface area contributed by atoms with Gasteiger partial charge in [0.1, 0.15) is 11.5 Å². The molecule has 23 heavy (non-hydrogen) atoms. The third-order valence-corrected chi connectivity index (χ3v) is 3.92. The molecule has 3 nitrogen and oxygen atoms in total. The summed E-state index contributed by atoms with van der Waals surface area (Å²) in [5.41, 5.74) is 0. The topological polar surface area (TPSA) is 49.7 Å². The standard InChI is InChI=1S/C20H14O3/c21-18-7-3-5-14-8-10-15(12-17(14)18)23-19-11-9-13-4-1-2-6-16(13)20(19)22/h1-12,21-22H. The van der Waals surface area contributed by atoms with Crippen LogP contribution in [0.3, 0.4) is 0 Å². The molecule has 0 aliphatic heterocycles. The summed E-state index contributed by atoms with van der Waals surface area (Å²) >= 11 is 0. The number of hydrogen-bond donors (Lipinski definition) is 2. The van der Waals surface area contributed by atoms with E-state index in [-0.39, 0.29) is 11.5 Å². The monoisotopic (exact) mass is 302 g/mol. The molecule has 0 unspecified atom stereocenters. The van der Waals surface area contributed by atoms with Crippen LogP contribution < -0.4 is 4.74 Å². The van der Waals surface area contributed by atoms with E-state index >= 15 is 0 Å². The van der Waals surface area contributed by atoms with Gasteiger partial charge in [-0.3, -0.25) is 0 Å². The Morgan fingerprint density at radius 3 is 2.30 bits per heavy atom. The van der Waals surface area contributed by atoms with Gasteiger partial charge < -0.3 is 14.9 Å². The van der Waals surface area contributed by atoms with Crippen molar-refractivity contribution in [2.24, 2.45) is 0 Å². The van der Waals surface area contributed by atoms with Gasteiger partial charge in [0.05, 0.1) is 0 Å². The van der Waals surface area contributed by atoms with Gasteiger partial charge in [-0.2, -0.15) is 0 Å². The lowest BCUT2D eigenvalue weighted by atomic mass is 10.1. The van der Waals surface area contributed by atoms with Gasteiger partial charge in [0.25, 0.3) is 0 Å². The van der Waals surface area contributed by atoms with Crippen LogP contribution in [0.25, 0.3) is 21.5 Å². The molecule has 0 atom stereocenters. The molecule has 112 valence electrons. The van der Waals surface area contributed by atoms with Crippen molar-refractivity contribution in [2.45, 2.75) is 0 Å². The van der Waals surface area contributed by atoms with E-state index in [1.165, 1.54) is 0 Å². The van der Waals surface area contributed by atoms with Gasteiger partial charge in [0.2, 0.25) is 0 Å². The summed E-state index contributed by atoms with van der Waals surface area (Å²) in [4.78, 5) is 0. The number of fused-ring (bicyclic) bond motifs is 2. The number of rotatable bonds is 2. The van der Waals surface area contributed by atoms with Crippen LogP contribution in [-0.4, -0.2) is 10.2 Å². The summed E-state index contributed by atoms with van der Waals surface area (Å²) in [6.07, 6.45) is 0. The molecule has 0 spiro atoms. The van der Waals surface area contributed by atoms with Gasteiger partial charge in [-0.05, 0) is 35.0 Å². The van der Waals surface area contributed by atoms with Gasteiger partial charge in [-0.1, -0.05) is 48.5 Å². The highest BCUT2D eigenvalue weighted by molar-refractivity contribution is 5.91. The number of benzene rings is 4. The molecule has 4 aromatic rings. The second-order valence-corrected chi connectivity index (χ2v) is 5.40. The highest BCUT2D eigenvalue weighted by Crippen LogP contribution is 2.38. The molecule has 4 rings (SSSR count). The van der Waals surface area contributed by atoms with E-state index in [0.717, 1.165) is 16.2 Å². The zero-order valence-electron chi connectivity index (χ0n) is 12.2. The average Bonchev–Trinajstić information content (AvgIpc) is 2.58. The minimum absolute atomic E-state index is 0.112. The van der Waals surface area contributed by atoms with Crippen molar-refractivity contribution >= 4 is 21.5 Å². The Labute approximate surface area is 133 Å². The van der Waals surface area contributed by atoms with Gasteiger partial charge in [-0.25, -0.2) is 0 Å². The summed E-state index contributed by atoms with van der Waals surface area (Å²) in [5, 5.41) is 23.7. The highest BCUT2D eigenvalue weighted by atomic mass is 16.5. The van der Waals surface area contributed by atoms with Crippen LogP contribution in [0.15, 0.2) is 72.8 Å². The quantitative estimate of drug-likeness (QED) is 0.535. The average molecular weight is 302 g/mol. The van der Waals surface area contributed by atoms with Crippen molar-refractivity contribution < 1.29 is 14.9 Å². The largest absolute Gasteiger partial charge is 0.507 e. The van der Waals surface area contributed by atoms with E-state index in [1.54, 1.807) is 24.3 Å². The van der Waals surface area contributed by atoms with Crippen LogP contribution in [0, 0.1) is 0 Å². The molecular formula is C20H14O3. The van der Waals surface area contributed by atoms with Crippen LogP contribution >= 0.6 is 0 Å². The Morgan fingerprint density at radius 2 is 1.39 bits per heavy atom. The number of aromatic hydroxyl groups is 2. The molecule has 0 saturated heterocycles. The molecule has 0 aromatic heterocycles. The highest BCUT2D eigenvalue weighted by Gasteiger charge is 2.09. The molecule has 0 radical (unpaired) electrons. The molecular weight excluding hydrogens is 288 g/mol. The van der Waals surface area contributed by atoms with Crippen molar-refractivity contribution in [3.63, 3.8) is 0 Å². The normalized spacial score (nSPS) is 11.0. The van der Waals surface area contributed by atoms with E-state index in [4.69, 9.17) is 4.74 Å². The van der Waals surface area contributed by atoms with Crippen LogP contribution in [0.1, 0.15) is 0 Å². The minimum Gasteiger partial charge on any atom is -0.507 e. The fraction of sp³-hybridized carbons (Fsp3) is 0. The first-order chi connectivity index (χ1) is 11.2. The molecule has 0 bridgehead atoms. The summed E-state index contributed by atoms with van der Waals surface area (Å²) in [7, 11) is 0. The van der Waals surface area contributed by atoms with Gasteiger partial charge in [-0.15, -0.1) is 0 Å². The maximum Gasteiger partial charge on any atom is 0.169 e. The van der Waals surface area contributed by atoms with E-state index in [1.807, 2.05) is 48.5 Å². The van der Waals surface area contributed by atoms with Gasteiger partial charge >= 0.3 is 0 Å². The zero-order chi connectivity index (χ0) is 15.8. The van der Waals surface area contributed by atoms with Crippen LogP contribution in [0.4, 0.5) is 0 Å². The lowest BCUT2D eigenvalue weighted by Crippen LogP contribution is -1.86. The van der Waals surface area contributed by atoms with Crippen molar-refractivity contribution in [3.8, 4) is 23.0 Å². The van der Waals surface area contributed by atoms with Crippen molar-refractivity contribution in [1.29, 1.82) is 0 Å².